The molecule has 1 amide bonds. The van der Waals surface area contributed by atoms with Crippen molar-refractivity contribution in [3.63, 3.8) is 0 Å². The number of methoxy groups -OCH3 is 2. The molecule has 38 heavy (non-hydrogen) atoms. The Morgan fingerprint density at radius 1 is 0.921 bits per heavy atom. The van der Waals surface area contributed by atoms with Crippen molar-refractivity contribution in [3.05, 3.63) is 77.4 Å². The van der Waals surface area contributed by atoms with Gasteiger partial charge in [0.25, 0.3) is 5.91 Å². The molecule has 0 aliphatic heterocycles. The van der Waals surface area contributed by atoms with E-state index in [0.29, 0.717) is 38.8 Å². The molecule has 0 spiro atoms. The number of nitrogens with one attached hydrogen (secondary N) is 1. The van der Waals surface area contributed by atoms with Crippen LogP contribution in [0.25, 0.3) is 32.4 Å². The van der Waals surface area contributed by atoms with Crippen molar-refractivity contribution in [2.45, 2.75) is 13.8 Å². The highest BCUT2D eigenvalue weighted by atomic mass is 32.1. The number of nitrogens with zero attached hydrogens (tertiary/aromatic N) is 2. The lowest BCUT2D eigenvalue weighted by Gasteiger charge is -2.12. The molecule has 0 unspecified atom stereocenters. The SMILES string of the molecule is COc1ccc(-c2cc(C(=O)OCC(=O)Nc3nc4c(C)cc(C)cc4s3)c3ccccc3n2)cc1OC. The van der Waals surface area contributed by atoms with E-state index in [1.165, 1.54) is 11.3 Å². The number of anilines is 1. The van der Waals surface area contributed by atoms with Crippen molar-refractivity contribution in [2.75, 3.05) is 26.1 Å². The van der Waals surface area contributed by atoms with Crippen LogP contribution >= 0.6 is 11.3 Å². The zero-order valence-electron chi connectivity index (χ0n) is 21.3. The molecule has 0 fully saturated rings. The second kappa shape index (κ2) is 10.5. The van der Waals surface area contributed by atoms with Crippen LogP contribution in [0, 0.1) is 13.8 Å². The van der Waals surface area contributed by atoms with Gasteiger partial charge in [-0.3, -0.25) is 10.1 Å². The number of hydrogen-bond acceptors (Lipinski definition) is 8. The summed E-state index contributed by atoms with van der Waals surface area (Å²) in [5.74, 6) is 0.0311. The molecule has 5 aromatic rings. The van der Waals surface area contributed by atoms with Gasteiger partial charge < -0.3 is 14.2 Å². The summed E-state index contributed by atoms with van der Waals surface area (Å²) in [4.78, 5) is 35.0. The van der Waals surface area contributed by atoms with Crippen molar-refractivity contribution in [2.24, 2.45) is 0 Å². The second-order valence-corrected chi connectivity index (χ2v) is 9.74. The van der Waals surface area contributed by atoms with E-state index in [4.69, 9.17) is 19.2 Å². The summed E-state index contributed by atoms with van der Waals surface area (Å²) < 4.78 is 17.1. The summed E-state index contributed by atoms with van der Waals surface area (Å²) in [5.41, 5.74) is 5.23. The third-order valence-corrected chi connectivity index (χ3v) is 6.94. The largest absolute Gasteiger partial charge is 0.493 e. The Morgan fingerprint density at radius 2 is 1.71 bits per heavy atom. The fourth-order valence-corrected chi connectivity index (χ4v) is 5.33. The van der Waals surface area contributed by atoms with Gasteiger partial charge in [0, 0.05) is 10.9 Å². The average molecular weight is 528 g/mol. The highest BCUT2D eigenvalue weighted by Crippen LogP contribution is 2.33. The van der Waals surface area contributed by atoms with Crippen molar-refractivity contribution in [3.8, 4) is 22.8 Å². The molecule has 0 bridgehead atoms. The minimum Gasteiger partial charge on any atom is -0.493 e. The first-order valence-electron chi connectivity index (χ1n) is 11.8. The summed E-state index contributed by atoms with van der Waals surface area (Å²) in [5, 5.41) is 3.82. The molecule has 3 aromatic carbocycles. The fourth-order valence-electron chi connectivity index (χ4n) is 4.28. The molecule has 192 valence electrons. The number of thiazole rings is 1. The van der Waals surface area contributed by atoms with Crippen LogP contribution < -0.4 is 14.8 Å². The van der Waals surface area contributed by atoms with Crippen LogP contribution in [0.1, 0.15) is 21.5 Å². The van der Waals surface area contributed by atoms with E-state index in [1.807, 2.05) is 50.2 Å². The minimum atomic E-state index is -0.628. The first kappa shape index (κ1) is 25.2. The number of aryl methyl sites for hydroxylation is 2. The van der Waals surface area contributed by atoms with Gasteiger partial charge >= 0.3 is 5.97 Å². The number of para-hydroxylation sites is 1. The number of hydrogen-bond donors (Lipinski definition) is 1. The van der Waals surface area contributed by atoms with Crippen LogP contribution in [-0.4, -0.2) is 42.7 Å². The molecule has 5 rings (SSSR count). The lowest BCUT2D eigenvalue weighted by atomic mass is 10.0. The fraction of sp³-hybridized carbons (Fsp3) is 0.172. The molecule has 0 atom stereocenters. The predicted octanol–water partition coefficient (Wildman–Crippen LogP) is 5.94. The normalized spacial score (nSPS) is 10.9. The molecule has 2 heterocycles. The number of amides is 1. The van der Waals surface area contributed by atoms with Crippen LogP contribution in [-0.2, 0) is 9.53 Å². The molecular formula is C29H25N3O5S. The lowest BCUT2D eigenvalue weighted by molar-refractivity contribution is -0.119. The van der Waals surface area contributed by atoms with E-state index in [1.54, 1.807) is 38.5 Å². The number of carbonyl (C=O) groups is 2. The summed E-state index contributed by atoms with van der Waals surface area (Å²) in [6.07, 6.45) is 0. The number of rotatable bonds is 7. The number of carbonyl (C=O) groups excluding carboxylic acids is 2. The van der Waals surface area contributed by atoms with Crippen molar-refractivity contribution in [1.82, 2.24) is 9.97 Å². The second-order valence-electron chi connectivity index (χ2n) is 8.71. The molecule has 0 saturated carbocycles. The first-order chi connectivity index (χ1) is 18.4. The Kier molecular flexibility index (Phi) is 6.93. The third-order valence-electron chi connectivity index (χ3n) is 6.03. The van der Waals surface area contributed by atoms with E-state index >= 15 is 0 Å². The Morgan fingerprint density at radius 3 is 2.50 bits per heavy atom. The molecule has 0 aliphatic carbocycles. The third kappa shape index (κ3) is 5.01. The number of aromatic nitrogens is 2. The van der Waals surface area contributed by atoms with E-state index in [2.05, 4.69) is 10.3 Å². The van der Waals surface area contributed by atoms with E-state index in [0.717, 1.165) is 26.9 Å². The van der Waals surface area contributed by atoms with Crippen molar-refractivity contribution >= 4 is 49.5 Å². The quantitative estimate of drug-likeness (QED) is 0.261. The van der Waals surface area contributed by atoms with Gasteiger partial charge in [0.1, 0.15) is 0 Å². The Bertz CT molecular complexity index is 1700. The lowest BCUT2D eigenvalue weighted by Crippen LogP contribution is -2.21. The summed E-state index contributed by atoms with van der Waals surface area (Å²) >= 11 is 1.38. The maximum absolute atomic E-state index is 13.2. The van der Waals surface area contributed by atoms with Crippen LogP contribution in [0.2, 0.25) is 0 Å². The van der Waals surface area contributed by atoms with E-state index in [-0.39, 0.29) is 0 Å². The monoisotopic (exact) mass is 527 g/mol. The maximum atomic E-state index is 13.2. The van der Waals surface area contributed by atoms with Gasteiger partial charge in [0.15, 0.2) is 23.2 Å². The predicted molar refractivity (Wildman–Crippen MR) is 148 cm³/mol. The van der Waals surface area contributed by atoms with E-state index < -0.39 is 18.5 Å². The summed E-state index contributed by atoms with van der Waals surface area (Å²) in [6, 6.07) is 18.4. The first-order valence-corrected chi connectivity index (χ1v) is 12.6. The van der Waals surface area contributed by atoms with Gasteiger partial charge in [-0.2, -0.15) is 0 Å². The minimum absolute atomic E-state index is 0.305. The zero-order valence-corrected chi connectivity index (χ0v) is 22.1. The zero-order chi connectivity index (χ0) is 26.8. The Balaban J connectivity index is 1.37. The van der Waals surface area contributed by atoms with Gasteiger partial charge in [-0.15, -0.1) is 0 Å². The van der Waals surface area contributed by atoms with Gasteiger partial charge in [0.2, 0.25) is 0 Å². The molecule has 0 aliphatic rings. The maximum Gasteiger partial charge on any atom is 0.339 e. The molecule has 0 saturated heterocycles. The molecule has 1 N–H and O–H groups in total. The van der Waals surface area contributed by atoms with Crippen LogP contribution in [0.3, 0.4) is 0 Å². The standard InChI is InChI=1S/C29H25N3O5S/c1-16-11-17(2)27-25(12-16)38-29(32-27)31-26(33)15-37-28(34)20-14-22(30-21-8-6-5-7-19(20)21)18-9-10-23(35-3)24(13-18)36-4/h5-14H,15H2,1-4H3,(H,31,32,33). The topological polar surface area (TPSA) is 99.6 Å². The van der Waals surface area contributed by atoms with Crippen LogP contribution in [0.4, 0.5) is 5.13 Å². The molecule has 0 radical (unpaired) electrons. The summed E-state index contributed by atoms with van der Waals surface area (Å²) in [7, 11) is 3.12. The van der Waals surface area contributed by atoms with Gasteiger partial charge in [-0.25, -0.2) is 14.8 Å². The van der Waals surface area contributed by atoms with Gasteiger partial charge in [-0.05, 0) is 61.4 Å². The van der Waals surface area contributed by atoms with Crippen LogP contribution in [0.15, 0.2) is 60.7 Å². The smallest absolute Gasteiger partial charge is 0.339 e. The molecule has 2 aromatic heterocycles. The number of esters is 1. The molecule has 8 nitrogen and oxygen atoms in total. The Labute approximate surface area is 223 Å². The number of ether oxygens (including phenoxy) is 3. The van der Waals surface area contributed by atoms with Crippen LogP contribution in [0.5, 0.6) is 11.5 Å². The van der Waals surface area contributed by atoms with Crippen molar-refractivity contribution in [1.29, 1.82) is 0 Å². The average Bonchev–Trinajstić information content (AvgIpc) is 3.33. The Hall–Kier alpha value is -4.50. The highest BCUT2D eigenvalue weighted by molar-refractivity contribution is 7.22. The van der Waals surface area contributed by atoms with Gasteiger partial charge in [-0.1, -0.05) is 35.6 Å². The summed E-state index contributed by atoms with van der Waals surface area (Å²) in [6.45, 7) is 3.55. The highest BCUT2D eigenvalue weighted by Gasteiger charge is 2.18. The molecular weight excluding hydrogens is 502 g/mol. The van der Waals surface area contributed by atoms with Crippen molar-refractivity contribution < 1.29 is 23.8 Å². The number of pyridine rings is 1. The van der Waals surface area contributed by atoms with Gasteiger partial charge in [0.05, 0.1) is 41.2 Å². The van der Waals surface area contributed by atoms with E-state index in [9.17, 15) is 9.59 Å². The molecule has 9 heteroatoms. The number of benzene rings is 3. The number of fused-ring (bicyclic) bond motifs is 2.